The summed E-state index contributed by atoms with van der Waals surface area (Å²) in [7, 11) is 1.27. The average Bonchev–Trinajstić information content (AvgIpc) is 2.96. The first-order chi connectivity index (χ1) is 18.9. The number of benzene rings is 4. The lowest BCUT2D eigenvalue weighted by Crippen LogP contribution is -2.21. The molecule has 0 aromatic heterocycles. The van der Waals surface area contributed by atoms with Gasteiger partial charge < -0.3 is 15.4 Å². The third-order valence-corrected chi connectivity index (χ3v) is 6.84. The Hall–Kier alpha value is -4.96. The number of thioether (sulfide) groups is 1. The lowest BCUT2D eigenvalue weighted by atomic mass is 10.1. The van der Waals surface area contributed by atoms with Gasteiger partial charge in [0.05, 0.1) is 23.3 Å². The molecule has 0 spiro atoms. The van der Waals surface area contributed by atoms with E-state index in [0.29, 0.717) is 16.3 Å². The minimum absolute atomic E-state index is 0.146. The van der Waals surface area contributed by atoms with E-state index in [1.54, 1.807) is 48.5 Å². The van der Waals surface area contributed by atoms with E-state index in [-0.39, 0.29) is 22.7 Å². The molecular weight excluding hydrogens is 518 g/mol. The number of carbonyl (C=O) groups excluding carboxylic acids is 3. The minimum atomic E-state index is -0.695. The van der Waals surface area contributed by atoms with E-state index in [1.807, 2.05) is 30.3 Å². The number of nitrogens with zero attached hydrogens (tertiary/aromatic N) is 1. The Morgan fingerprint density at radius 1 is 0.846 bits per heavy atom. The number of anilines is 2. The number of carbonyl (C=O) groups is 3. The summed E-state index contributed by atoms with van der Waals surface area (Å²) in [5.74, 6) is -1.42. The lowest BCUT2D eigenvalue weighted by Gasteiger charge is -2.18. The number of amides is 2. The Balaban J connectivity index is 1.56. The van der Waals surface area contributed by atoms with Crippen LogP contribution in [0, 0.1) is 10.1 Å². The maximum absolute atomic E-state index is 13.5. The summed E-state index contributed by atoms with van der Waals surface area (Å²) in [6.07, 6.45) is 0. The average molecular weight is 542 g/mol. The summed E-state index contributed by atoms with van der Waals surface area (Å²) in [4.78, 5) is 49.6. The van der Waals surface area contributed by atoms with E-state index >= 15 is 0 Å². The number of rotatable bonds is 9. The van der Waals surface area contributed by atoms with Crippen molar-refractivity contribution in [3.05, 3.63) is 130 Å². The molecule has 196 valence electrons. The number of nitrogens with one attached hydrogen (secondary N) is 2. The molecule has 0 bridgehead atoms. The SMILES string of the molecule is COC(=O)c1ccccc1NC(=O)C(Sc1cccc(NC(=O)c2cccc([N+](=O)[O-])c2)c1)c1ccccc1. The highest BCUT2D eigenvalue weighted by Gasteiger charge is 2.24. The van der Waals surface area contributed by atoms with Gasteiger partial charge in [-0.2, -0.15) is 0 Å². The second kappa shape index (κ2) is 12.5. The maximum Gasteiger partial charge on any atom is 0.339 e. The van der Waals surface area contributed by atoms with Crippen LogP contribution < -0.4 is 10.6 Å². The van der Waals surface area contributed by atoms with Crippen LogP contribution in [-0.2, 0) is 9.53 Å². The second-order valence-corrected chi connectivity index (χ2v) is 9.40. The van der Waals surface area contributed by atoms with Gasteiger partial charge in [-0.1, -0.05) is 54.6 Å². The summed E-state index contributed by atoms with van der Waals surface area (Å²) in [5.41, 5.74) is 1.72. The Morgan fingerprint density at radius 3 is 2.31 bits per heavy atom. The van der Waals surface area contributed by atoms with Crippen LogP contribution in [0.25, 0.3) is 0 Å². The van der Waals surface area contributed by atoms with Gasteiger partial charge in [-0.3, -0.25) is 19.7 Å². The highest BCUT2D eigenvalue weighted by molar-refractivity contribution is 8.00. The Kier molecular flexibility index (Phi) is 8.70. The lowest BCUT2D eigenvalue weighted by molar-refractivity contribution is -0.384. The summed E-state index contributed by atoms with van der Waals surface area (Å²) in [6.45, 7) is 0. The highest BCUT2D eigenvalue weighted by Crippen LogP contribution is 2.37. The van der Waals surface area contributed by atoms with Crippen molar-refractivity contribution in [1.82, 2.24) is 0 Å². The topological polar surface area (TPSA) is 128 Å². The van der Waals surface area contributed by atoms with E-state index in [0.717, 1.165) is 5.56 Å². The molecule has 4 aromatic carbocycles. The predicted molar refractivity (Wildman–Crippen MR) is 149 cm³/mol. The Bertz CT molecular complexity index is 1530. The molecule has 0 radical (unpaired) electrons. The van der Waals surface area contributed by atoms with E-state index in [1.165, 1.54) is 43.1 Å². The standard InChI is InChI=1S/C29H23N3O6S/c1-38-29(35)24-15-5-6-16-25(24)31-28(34)26(19-9-3-2-4-10-19)39-23-14-8-12-21(18-23)30-27(33)20-11-7-13-22(17-20)32(36)37/h2-18,26H,1H3,(H,30,33)(H,31,34). The zero-order chi connectivity index (χ0) is 27.8. The summed E-state index contributed by atoms with van der Waals surface area (Å²) in [5, 5.41) is 15.9. The summed E-state index contributed by atoms with van der Waals surface area (Å²) >= 11 is 1.26. The molecule has 0 saturated carbocycles. The van der Waals surface area contributed by atoms with Crippen LogP contribution in [0.2, 0.25) is 0 Å². The molecule has 0 aliphatic carbocycles. The minimum Gasteiger partial charge on any atom is -0.465 e. The van der Waals surface area contributed by atoms with Gasteiger partial charge >= 0.3 is 5.97 Å². The molecule has 0 heterocycles. The van der Waals surface area contributed by atoms with Crippen LogP contribution in [-0.4, -0.2) is 29.8 Å². The molecule has 9 nitrogen and oxygen atoms in total. The molecule has 1 atom stereocenters. The van der Waals surface area contributed by atoms with Gasteiger partial charge in [-0.15, -0.1) is 11.8 Å². The molecule has 0 aliphatic rings. The number of hydrogen-bond acceptors (Lipinski definition) is 7. The largest absolute Gasteiger partial charge is 0.465 e. The van der Waals surface area contributed by atoms with Crippen molar-refractivity contribution < 1.29 is 24.0 Å². The number of ether oxygens (including phenoxy) is 1. The molecule has 0 fully saturated rings. The first kappa shape index (κ1) is 27.1. The molecule has 2 N–H and O–H groups in total. The maximum atomic E-state index is 13.5. The Labute approximate surface area is 228 Å². The molecule has 1 unspecified atom stereocenters. The van der Waals surface area contributed by atoms with Gasteiger partial charge in [0, 0.05) is 28.3 Å². The number of nitro benzene ring substituents is 1. The smallest absolute Gasteiger partial charge is 0.339 e. The van der Waals surface area contributed by atoms with E-state index < -0.39 is 22.0 Å². The van der Waals surface area contributed by atoms with Gasteiger partial charge in [0.25, 0.3) is 11.6 Å². The molecule has 0 saturated heterocycles. The third kappa shape index (κ3) is 6.88. The van der Waals surface area contributed by atoms with Crippen LogP contribution in [0.4, 0.5) is 17.1 Å². The molecule has 4 aromatic rings. The molecule has 39 heavy (non-hydrogen) atoms. The predicted octanol–water partition coefficient (Wildman–Crippen LogP) is 6.11. The van der Waals surface area contributed by atoms with Crippen molar-refractivity contribution in [2.75, 3.05) is 17.7 Å². The molecule has 0 aliphatic heterocycles. The van der Waals surface area contributed by atoms with Crippen LogP contribution in [0.15, 0.2) is 108 Å². The first-order valence-corrected chi connectivity index (χ1v) is 12.6. The fraction of sp³-hybridized carbons (Fsp3) is 0.0690. The zero-order valence-corrected chi connectivity index (χ0v) is 21.5. The fourth-order valence-corrected chi connectivity index (χ4v) is 4.81. The van der Waals surface area contributed by atoms with Crippen molar-refractivity contribution in [1.29, 1.82) is 0 Å². The van der Waals surface area contributed by atoms with Gasteiger partial charge in [-0.05, 0) is 42.0 Å². The third-order valence-electron chi connectivity index (χ3n) is 5.60. The summed E-state index contributed by atoms with van der Waals surface area (Å²) < 4.78 is 4.83. The monoisotopic (exact) mass is 541 g/mol. The highest BCUT2D eigenvalue weighted by atomic mass is 32.2. The molecular formula is C29H23N3O6S. The fourth-order valence-electron chi connectivity index (χ4n) is 3.73. The van der Waals surface area contributed by atoms with Crippen LogP contribution in [0.5, 0.6) is 0 Å². The van der Waals surface area contributed by atoms with Crippen molar-refractivity contribution in [2.24, 2.45) is 0 Å². The van der Waals surface area contributed by atoms with Crippen LogP contribution in [0.1, 0.15) is 31.5 Å². The first-order valence-electron chi connectivity index (χ1n) is 11.7. The Morgan fingerprint density at radius 2 is 1.56 bits per heavy atom. The number of non-ortho nitro benzene ring substituents is 1. The van der Waals surface area contributed by atoms with Crippen molar-refractivity contribution in [2.45, 2.75) is 10.1 Å². The van der Waals surface area contributed by atoms with E-state index in [2.05, 4.69) is 10.6 Å². The number of esters is 1. The summed E-state index contributed by atoms with van der Waals surface area (Å²) in [6, 6.07) is 28.1. The van der Waals surface area contributed by atoms with Gasteiger partial charge in [-0.25, -0.2) is 4.79 Å². The van der Waals surface area contributed by atoms with Gasteiger partial charge in [0.2, 0.25) is 5.91 Å². The number of para-hydroxylation sites is 1. The van der Waals surface area contributed by atoms with E-state index in [4.69, 9.17) is 4.74 Å². The normalized spacial score (nSPS) is 11.2. The van der Waals surface area contributed by atoms with Gasteiger partial charge in [0.1, 0.15) is 5.25 Å². The van der Waals surface area contributed by atoms with Gasteiger partial charge in [0.15, 0.2) is 0 Å². The number of hydrogen-bond donors (Lipinski definition) is 2. The molecule has 2 amide bonds. The molecule has 4 rings (SSSR count). The van der Waals surface area contributed by atoms with Crippen LogP contribution >= 0.6 is 11.8 Å². The quantitative estimate of drug-likeness (QED) is 0.113. The molecule has 10 heteroatoms. The van der Waals surface area contributed by atoms with Crippen molar-refractivity contribution >= 4 is 46.6 Å². The van der Waals surface area contributed by atoms with Crippen molar-refractivity contribution in [3.63, 3.8) is 0 Å². The van der Waals surface area contributed by atoms with Crippen molar-refractivity contribution in [3.8, 4) is 0 Å². The zero-order valence-electron chi connectivity index (χ0n) is 20.7. The number of nitro groups is 1. The second-order valence-electron chi connectivity index (χ2n) is 8.22. The van der Waals surface area contributed by atoms with Crippen LogP contribution in [0.3, 0.4) is 0 Å². The number of methoxy groups -OCH3 is 1. The van der Waals surface area contributed by atoms with E-state index in [9.17, 15) is 24.5 Å².